The SMILES string of the molecule is Cc1c(C(=O)O)ccc(CN2CCCC2)c1Br. The monoisotopic (exact) mass is 297 g/mol. The standard InChI is InChI=1S/C13H16BrNO2/c1-9-11(13(16)17)5-4-10(12(9)14)8-15-6-2-3-7-15/h4-5H,2-3,6-8H2,1H3,(H,16,17). The second-order valence-corrected chi connectivity index (χ2v) is 5.29. The highest BCUT2D eigenvalue weighted by Gasteiger charge is 2.16. The normalized spacial score (nSPS) is 16.4. The Bertz CT molecular complexity index is 439. The van der Waals surface area contributed by atoms with Crippen LogP contribution in [0.4, 0.5) is 0 Å². The Kier molecular flexibility index (Phi) is 3.84. The number of hydrogen-bond donors (Lipinski definition) is 1. The third-order valence-electron chi connectivity index (χ3n) is 3.29. The quantitative estimate of drug-likeness (QED) is 0.932. The van der Waals surface area contributed by atoms with E-state index >= 15 is 0 Å². The molecule has 92 valence electrons. The molecular formula is C13H16BrNO2. The van der Waals surface area contributed by atoms with Gasteiger partial charge in [-0.25, -0.2) is 4.79 Å². The highest BCUT2D eigenvalue weighted by atomic mass is 79.9. The van der Waals surface area contributed by atoms with Gasteiger partial charge in [-0.3, -0.25) is 4.90 Å². The predicted octanol–water partition coefficient (Wildman–Crippen LogP) is 3.05. The van der Waals surface area contributed by atoms with Crippen molar-refractivity contribution in [2.45, 2.75) is 26.3 Å². The molecule has 1 saturated heterocycles. The molecule has 0 bridgehead atoms. The summed E-state index contributed by atoms with van der Waals surface area (Å²) in [6, 6.07) is 3.62. The van der Waals surface area contributed by atoms with E-state index in [0.717, 1.165) is 29.7 Å². The fourth-order valence-electron chi connectivity index (χ4n) is 2.28. The van der Waals surface area contributed by atoms with Gasteiger partial charge in [0.15, 0.2) is 0 Å². The van der Waals surface area contributed by atoms with Gasteiger partial charge in [0.1, 0.15) is 0 Å². The van der Waals surface area contributed by atoms with Crippen LogP contribution in [0.3, 0.4) is 0 Å². The molecule has 1 aromatic rings. The number of likely N-dealkylation sites (tertiary alicyclic amines) is 1. The number of rotatable bonds is 3. The lowest BCUT2D eigenvalue weighted by atomic mass is 10.0. The largest absolute Gasteiger partial charge is 0.478 e. The zero-order chi connectivity index (χ0) is 12.4. The lowest BCUT2D eigenvalue weighted by Gasteiger charge is -2.17. The molecule has 1 aliphatic heterocycles. The second kappa shape index (κ2) is 5.19. The predicted molar refractivity (Wildman–Crippen MR) is 70.3 cm³/mol. The Hall–Kier alpha value is -0.870. The van der Waals surface area contributed by atoms with Gasteiger partial charge in [0.25, 0.3) is 0 Å². The minimum Gasteiger partial charge on any atom is -0.478 e. The van der Waals surface area contributed by atoms with E-state index in [2.05, 4.69) is 20.8 Å². The summed E-state index contributed by atoms with van der Waals surface area (Å²) in [4.78, 5) is 13.4. The van der Waals surface area contributed by atoms with E-state index in [0.29, 0.717) is 5.56 Å². The van der Waals surface area contributed by atoms with E-state index in [4.69, 9.17) is 5.11 Å². The molecule has 0 radical (unpaired) electrons. The van der Waals surface area contributed by atoms with Crippen molar-refractivity contribution in [3.63, 3.8) is 0 Å². The Labute approximate surface area is 110 Å². The van der Waals surface area contributed by atoms with Crippen LogP contribution in [0.1, 0.15) is 34.3 Å². The van der Waals surface area contributed by atoms with Crippen LogP contribution >= 0.6 is 15.9 Å². The summed E-state index contributed by atoms with van der Waals surface area (Å²) < 4.78 is 0.935. The molecule has 2 rings (SSSR count). The lowest BCUT2D eigenvalue weighted by molar-refractivity contribution is 0.0696. The fraction of sp³-hybridized carbons (Fsp3) is 0.462. The summed E-state index contributed by atoms with van der Waals surface area (Å²) in [5, 5.41) is 9.03. The van der Waals surface area contributed by atoms with Crippen LogP contribution < -0.4 is 0 Å². The van der Waals surface area contributed by atoms with Crippen LogP contribution in [0.2, 0.25) is 0 Å². The summed E-state index contributed by atoms with van der Waals surface area (Å²) in [6.07, 6.45) is 2.54. The molecule has 0 spiro atoms. The van der Waals surface area contributed by atoms with Gasteiger partial charge < -0.3 is 5.11 Å². The van der Waals surface area contributed by atoms with Crippen LogP contribution in [0.25, 0.3) is 0 Å². The molecule has 17 heavy (non-hydrogen) atoms. The van der Waals surface area contributed by atoms with Gasteiger partial charge in [0, 0.05) is 11.0 Å². The third kappa shape index (κ3) is 2.69. The molecule has 1 aliphatic rings. The van der Waals surface area contributed by atoms with E-state index in [1.54, 1.807) is 6.07 Å². The van der Waals surface area contributed by atoms with Gasteiger partial charge in [-0.15, -0.1) is 0 Å². The molecule has 0 atom stereocenters. The number of halogens is 1. The van der Waals surface area contributed by atoms with Gasteiger partial charge in [-0.05, 0) is 50.0 Å². The van der Waals surface area contributed by atoms with E-state index < -0.39 is 5.97 Å². The second-order valence-electron chi connectivity index (χ2n) is 4.50. The summed E-state index contributed by atoms with van der Waals surface area (Å²) >= 11 is 3.52. The van der Waals surface area contributed by atoms with Crippen molar-refractivity contribution in [2.75, 3.05) is 13.1 Å². The topological polar surface area (TPSA) is 40.5 Å². The maximum absolute atomic E-state index is 11.0. The fourth-order valence-corrected chi connectivity index (χ4v) is 2.75. The molecule has 0 aromatic heterocycles. The number of nitrogens with zero attached hydrogens (tertiary/aromatic N) is 1. The zero-order valence-corrected chi connectivity index (χ0v) is 11.5. The number of benzene rings is 1. The number of carbonyl (C=O) groups is 1. The van der Waals surface area contributed by atoms with Gasteiger partial charge >= 0.3 is 5.97 Å². The summed E-state index contributed by atoms with van der Waals surface area (Å²) in [6.45, 7) is 5.04. The van der Waals surface area contributed by atoms with Crippen molar-refractivity contribution in [3.8, 4) is 0 Å². The van der Waals surface area contributed by atoms with E-state index in [1.807, 2.05) is 13.0 Å². The highest BCUT2D eigenvalue weighted by Crippen LogP contribution is 2.26. The van der Waals surface area contributed by atoms with Crippen LogP contribution in [0.5, 0.6) is 0 Å². The molecular weight excluding hydrogens is 282 g/mol. The average molecular weight is 298 g/mol. The summed E-state index contributed by atoms with van der Waals surface area (Å²) in [5.41, 5.74) is 2.37. The Morgan fingerprint density at radius 2 is 2.06 bits per heavy atom. The van der Waals surface area contributed by atoms with Crippen LogP contribution in [0.15, 0.2) is 16.6 Å². The highest BCUT2D eigenvalue weighted by molar-refractivity contribution is 9.10. The van der Waals surface area contributed by atoms with Gasteiger partial charge in [-0.2, -0.15) is 0 Å². The molecule has 1 aromatic carbocycles. The van der Waals surface area contributed by atoms with Crippen molar-refractivity contribution in [1.29, 1.82) is 0 Å². The smallest absolute Gasteiger partial charge is 0.335 e. The maximum Gasteiger partial charge on any atom is 0.335 e. The van der Waals surface area contributed by atoms with Gasteiger partial charge in [-0.1, -0.05) is 22.0 Å². The molecule has 1 heterocycles. The Balaban J connectivity index is 2.23. The number of carboxylic acid groups (broad SMARTS) is 1. The Morgan fingerprint density at radius 1 is 1.41 bits per heavy atom. The minimum atomic E-state index is -0.865. The van der Waals surface area contributed by atoms with Crippen LogP contribution in [-0.4, -0.2) is 29.1 Å². The first-order chi connectivity index (χ1) is 8.09. The van der Waals surface area contributed by atoms with Crippen molar-refractivity contribution in [2.24, 2.45) is 0 Å². The Morgan fingerprint density at radius 3 is 2.65 bits per heavy atom. The number of hydrogen-bond acceptors (Lipinski definition) is 2. The molecule has 4 heteroatoms. The molecule has 3 nitrogen and oxygen atoms in total. The van der Waals surface area contributed by atoms with Crippen molar-refractivity contribution >= 4 is 21.9 Å². The van der Waals surface area contributed by atoms with Crippen LogP contribution in [0, 0.1) is 6.92 Å². The van der Waals surface area contributed by atoms with Crippen molar-refractivity contribution in [1.82, 2.24) is 4.90 Å². The number of aromatic carboxylic acids is 1. The molecule has 0 amide bonds. The minimum absolute atomic E-state index is 0.377. The van der Waals surface area contributed by atoms with E-state index in [-0.39, 0.29) is 0 Å². The van der Waals surface area contributed by atoms with E-state index in [9.17, 15) is 4.79 Å². The van der Waals surface area contributed by atoms with Crippen molar-refractivity contribution < 1.29 is 9.90 Å². The molecule has 0 saturated carbocycles. The number of carboxylic acids is 1. The molecule has 1 fully saturated rings. The molecule has 0 aliphatic carbocycles. The average Bonchev–Trinajstić information content (AvgIpc) is 2.77. The first-order valence-corrected chi connectivity index (χ1v) is 6.62. The van der Waals surface area contributed by atoms with Gasteiger partial charge in [0.2, 0.25) is 0 Å². The van der Waals surface area contributed by atoms with E-state index in [1.165, 1.54) is 18.4 Å². The summed E-state index contributed by atoms with van der Waals surface area (Å²) in [7, 11) is 0. The lowest BCUT2D eigenvalue weighted by Crippen LogP contribution is -2.19. The van der Waals surface area contributed by atoms with Crippen LogP contribution in [-0.2, 0) is 6.54 Å². The molecule has 0 unspecified atom stereocenters. The first-order valence-electron chi connectivity index (χ1n) is 5.83. The van der Waals surface area contributed by atoms with Gasteiger partial charge in [0.05, 0.1) is 5.56 Å². The maximum atomic E-state index is 11.0. The first kappa shape index (κ1) is 12.6. The zero-order valence-electron chi connectivity index (χ0n) is 9.87. The molecule has 1 N–H and O–H groups in total. The summed E-state index contributed by atoms with van der Waals surface area (Å²) in [5.74, 6) is -0.865. The third-order valence-corrected chi connectivity index (χ3v) is 4.39. The van der Waals surface area contributed by atoms with Crippen molar-refractivity contribution in [3.05, 3.63) is 33.3 Å².